The fourth-order valence-corrected chi connectivity index (χ4v) is 0. The van der Waals surface area contributed by atoms with E-state index in [1.165, 1.54) is 0 Å². The Hall–Kier alpha value is 0.610. The van der Waals surface area contributed by atoms with Gasteiger partial charge < -0.3 is 14.7 Å². The molecule has 0 saturated carbocycles. The lowest BCUT2D eigenvalue weighted by atomic mass is 15.9. The third kappa shape index (κ3) is 1340. The van der Waals surface area contributed by atoms with Gasteiger partial charge in [-0.05, 0) is 0 Å². The van der Waals surface area contributed by atoms with E-state index in [0.29, 0.717) is 0 Å². The molecule has 0 atom stereocenters. The van der Waals surface area contributed by atoms with Crippen molar-refractivity contribution < 1.29 is 28.4 Å². The lowest BCUT2D eigenvalue weighted by Crippen LogP contribution is -1.03. The lowest BCUT2D eigenvalue weighted by molar-refractivity contribution is 0.523. The second kappa shape index (κ2) is 54.7. The Balaban J connectivity index is -0.0000000257. The Morgan fingerprint density at radius 1 is 0.700 bits per heavy atom. The van der Waals surface area contributed by atoms with Gasteiger partial charge in [-0.1, -0.05) is 0 Å². The van der Waals surface area contributed by atoms with E-state index in [9.17, 15) is 0 Å². The van der Waals surface area contributed by atoms with Gasteiger partial charge in [0.1, 0.15) is 0 Å². The van der Waals surface area contributed by atoms with Gasteiger partial charge in [-0.15, -0.1) is 0 Å². The van der Waals surface area contributed by atoms with Crippen LogP contribution in [-0.4, -0.2) is 14.7 Å². The molecular formula is H3O6P4. The van der Waals surface area contributed by atoms with E-state index in [1.807, 2.05) is 0 Å². The van der Waals surface area contributed by atoms with E-state index in [2.05, 4.69) is 0 Å². The third-order valence-electron chi connectivity index (χ3n) is 0. The zero-order valence-corrected chi connectivity index (χ0v) is 7.93. The van der Waals surface area contributed by atoms with Crippen LogP contribution >= 0.6 is 36.0 Å². The molecule has 0 heterocycles. The van der Waals surface area contributed by atoms with Crippen molar-refractivity contribution >= 4 is 36.0 Å². The minimum absolute atomic E-state index is 0. The second-order valence-electron chi connectivity index (χ2n) is 0.245. The summed E-state index contributed by atoms with van der Waals surface area (Å²) in [6.07, 6.45) is 0. The predicted octanol–water partition coefficient (Wildman–Crippen LogP) is 1.42. The van der Waals surface area contributed by atoms with Crippen molar-refractivity contribution in [1.82, 2.24) is 0 Å². The van der Waals surface area contributed by atoms with Crippen LogP contribution in [-0.2, 0) is 13.7 Å². The first-order valence-corrected chi connectivity index (χ1v) is 3.44. The van der Waals surface area contributed by atoms with E-state index >= 15 is 0 Å². The highest BCUT2D eigenvalue weighted by molar-refractivity contribution is 7.16. The van der Waals surface area contributed by atoms with Gasteiger partial charge in [-0.25, -0.2) is 13.7 Å². The highest BCUT2D eigenvalue weighted by atomic mass is 31.1. The van der Waals surface area contributed by atoms with Crippen LogP contribution in [0.15, 0.2) is 0 Å². The highest BCUT2D eigenvalue weighted by Gasteiger charge is 1.29. The molecule has 0 aliphatic carbocycles. The van der Waals surface area contributed by atoms with Crippen molar-refractivity contribution in [3.05, 3.63) is 0 Å². The quantitative estimate of drug-likeness (QED) is 0.535. The van der Waals surface area contributed by atoms with Crippen LogP contribution in [0.5, 0.6) is 0 Å². The van der Waals surface area contributed by atoms with E-state index in [0.717, 1.165) is 0 Å². The van der Waals surface area contributed by atoms with Crippen LogP contribution in [0, 0.1) is 0 Å². The minimum atomic E-state index is -0.833. The molecule has 10 heteroatoms. The van der Waals surface area contributed by atoms with Crippen LogP contribution in [0.1, 0.15) is 0 Å². The Labute approximate surface area is 65.1 Å². The molecule has 0 aliphatic rings. The summed E-state index contributed by atoms with van der Waals surface area (Å²) in [7, 11) is -2.50. The molecule has 0 unspecified atom stereocenters. The molecule has 0 rings (SSSR count). The van der Waals surface area contributed by atoms with Crippen molar-refractivity contribution in [3.8, 4) is 0 Å². The first-order chi connectivity index (χ1) is 4.24. The molecular weight excluding hydrogens is 220 g/mol. The summed E-state index contributed by atoms with van der Waals surface area (Å²) in [5.41, 5.74) is 0. The van der Waals surface area contributed by atoms with Crippen molar-refractivity contribution in [1.29, 1.82) is 0 Å². The van der Waals surface area contributed by atoms with Gasteiger partial charge in [0.25, 0.3) is 0 Å². The summed E-state index contributed by atoms with van der Waals surface area (Å²) in [4.78, 5) is 21.0. The monoisotopic (exact) mass is 223 g/mol. The molecule has 10 heavy (non-hydrogen) atoms. The Morgan fingerprint density at radius 3 is 0.700 bits per heavy atom. The summed E-state index contributed by atoms with van der Waals surface area (Å²) in [6.45, 7) is 0. The number of hydrogen-bond donors (Lipinski definition) is 3. The summed E-state index contributed by atoms with van der Waals surface area (Å²) in [5, 5.41) is 0. The summed E-state index contributed by atoms with van der Waals surface area (Å²) >= 11 is 0. The fourth-order valence-electron chi connectivity index (χ4n) is 0. The highest BCUT2D eigenvalue weighted by Crippen LogP contribution is 1.66. The van der Waals surface area contributed by atoms with Gasteiger partial charge in [0.05, 0.1) is 0 Å². The van der Waals surface area contributed by atoms with Crippen molar-refractivity contribution in [2.45, 2.75) is 0 Å². The normalized spacial score (nSPS) is 6.30. The molecule has 0 bridgehead atoms. The van der Waals surface area contributed by atoms with Crippen LogP contribution in [0.4, 0.5) is 0 Å². The topological polar surface area (TPSA) is 112 Å². The molecule has 6 nitrogen and oxygen atoms in total. The Kier molecular flexibility index (Phi) is 123. The summed E-state index contributed by atoms with van der Waals surface area (Å²) in [6, 6.07) is 0. The number of hydrogen-bond acceptors (Lipinski definition) is 3. The van der Waals surface area contributed by atoms with Crippen LogP contribution < -0.4 is 0 Å². The van der Waals surface area contributed by atoms with E-state index in [1.54, 1.807) is 0 Å². The molecule has 0 amide bonds. The molecule has 0 aliphatic heterocycles. The average Bonchev–Trinajstić information content (AvgIpc) is 1.70. The zero-order valence-electron chi connectivity index (χ0n) is 4.36. The SMILES string of the molecule is O=PO.O=PO.O=PO.[P]. The van der Waals surface area contributed by atoms with Gasteiger partial charge in [0.2, 0.25) is 0 Å². The molecule has 0 aromatic heterocycles. The zero-order chi connectivity index (χ0) is 8.12. The van der Waals surface area contributed by atoms with Crippen LogP contribution in [0.2, 0.25) is 0 Å². The molecule has 0 saturated heterocycles. The maximum absolute atomic E-state index is 8.46. The molecule has 0 aromatic rings. The van der Waals surface area contributed by atoms with Crippen LogP contribution in [0.25, 0.3) is 0 Å². The maximum Gasteiger partial charge on any atom is 0.324 e. The largest absolute Gasteiger partial charge is 0.324 e. The lowest BCUT2D eigenvalue weighted by Gasteiger charge is -1.24. The van der Waals surface area contributed by atoms with E-state index < -0.39 is 26.1 Å². The van der Waals surface area contributed by atoms with Gasteiger partial charge in [0, 0.05) is 9.90 Å². The van der Waals surface area contributed by atoms with Crippen molar-refractivity contribution in [2.24, 2.45) is 0 Å². The first kappa shape index (κ1) is 22.4. The predicted molar refractivity (Wildman–Crippen MR) is 36.4 cm³/mol. The van der Waals surface area contributed by atoms with Crippen LogP contribution in [0.3, 0.4) is 0 Å². The average molecular weight is 223 g/mol. The van der Waals surface area contributed by atoms with Gasteiger partial charge in [-0.2, -0.15) is 0 Å². The molecule has 59 valence electrons. The second-order valence-corrected chi connectivity index (χ2v) is 0.735. The molecule has 3 N–H and O–H groups in total. The number of rotatable bonds is 0. The molecule has 0 fully saturated rings. The molecule has 0 aromatic carbocycles. The molecule has 0 spiro atoms. The standard InChI is InChI=1S/3HO2P.P/c3*1-3-2;/h3*(H,1,2);. The summed E-state index contributed by atoms with van der Waals surface area (Å²) in [5.74, 6) is 0. The van der Waals surface area contributed by atoms with Gasteiger partial charge in [-0.3, -0.25) is 0 Å². The summed E-state index contributed by atoms with van der Waals surface area (Å²) < 4.78 is 25.4. The third-order valence-corrected chi connectivity index (χ3v) is 0. The first-order valence-electron chi connectivity index (χ1n) is 1.15. The Morgan fingerprint density at radius 2 is 0.700 bits per heavy atom. The molecule has 3 radical (unpaired) electrons. The van der Waals surface area contributed by atoms with E-state index in [-0.39, 0.29) is 9.90 Å². The Bertz CT molecular complexity index is 46.5. The van der Waals surface area contributed by atoms with E-state index in [4.69, 9.17) is 28.4 Å². The minimum Gasteiger partial charge on any atom is -0.310 e. The maximum atomic E-state index is 8.46. The van der Waals surface area contributed by atoms with Gasteiger partial charge in [0.15, 0.2) is 0 Å². The van der Waals surface area contributed by atoms with Crippen molar-refractivity contribution in [3.63, 3.8) is 0 Å². The fraction of sp³-hybridized carbons (Fsp3) is 0. The smallest absolute Gasteiger partial charge is 0.310 e. The van der Waals surface area contributed by atoms with Crippen molar-refractivity contribution in [2.75, 3.05) is 0 Å². The van der Waals surface area contributed by atoms with Gasteiger partial charge >= 0.3 is 26.1 Å².